The van der Waals surface area contributed by atoms with Crippen molar-refractivity contribution in [3.8, 4) is 5.75 Å². The molecule has 0 radical (unpaired) electrons. The monoisotopic (exact) mass is 371 g/mol. The van der Waals surface area contributed by atoms with E-state index in [-0.39, 0.29) is 17.0 Å². The van der Waals surface area contributed by atoms with Crippen LogP contribution in [0.5, 0.6) is 5.75 Å². The maximum atomic E-state index is 11.9. The molecule has 0 aliphatic carbocycles. The van der Waals surface area contributed by atoms with Crippen LogP contribution in [-0.4, -0.2) is 76.7 Å². The van der Waals surface area contributed by atoms with Gasteiger partial charge < -0.3 is 40.0 Å². The summed E-state index contributed by atoms with van der Waals surface area (Å²) in [6.45, 7) is 0.614. The fourth-order valence-electron chi connectivity index (χ4n) is 2.52. The van der Waals surface area contributed by atoms with Crippen LogP contribution in [-0.2, 0) is 14.3 Å². The van der Waals surface area contributed by atoms with Crippen molar-refractivity contribution in [3.05, 3.63) is 23.8 Å². The van der Waals surface area contributed by atoms with Crippen molar-refractivity contribution >= 4 is 17.6 Å². The van der Waals surface area contributed by atoms with Crippen LogP contribution in [0.1, 0.15) is 17.3 Å². The number of anilines is 1. The summed E-state index contributed by atoms with van der Waals surface area (Å²) in [4.78, 5) is 23.0. The van der Waals surface area contributed by atoms with Gasteiger partial charge >= 0.3 is 11.9 Å². The Morgan fingerprint density at radius 2 is 1.88 bits per heavy atom. The number of nitrogens with one attached hydrogen (secondary N) is 1. The molecule has 1 aromatic rings. The predicted molar refractivity (Wildman–Crippen MR) is 86.5 cm³/mol. The third kappa shape index (κ3) is 4.29. The molecule has 1 aliphatic rings. The van der Waals surface area contributed by atoms with Crippen molar-refractivity contribution in [1.29, 1.82) is 0 Å². The normalized spacial score (nSPS) is 28.3. The van der Waals surface area contributed by atoms with Gasteiger partial charge in [-0.15, -0.1) is 0 Å². The Balaban J connectivity index is 2.25. The number of carbonyl (C=O) groups excluding carboxylic acids is 2. The number of carbonyl (C=O) groups is 2. The second-order valence-corrected chi connectivity index (χ2v) is 5.69. The molecule has 144 valence electrons. The molecule has 0 amide bonds. The first kappa shape index (κ1) is 20.1. The topological polar surface area (TPSA) is 155 Å². The summed E-state index contributed by atoms with van der Waals surface area (Å²) in [6.07, 6.45) is -6.77. The van der Waals surface area contributed by atoms with Gasteiger partial charge in [-0.2, -0.15) is 0 Å². The summed E-state index contributed by atoms with van der Waals surface area (Å²) in [5, 5.41) is 41.6. The van der Waals surface area contributed by atoms with E-state index in [0.29, 0.717) is 0 Å². The van der Waals surface area contributed by atoms with Crippen LogP contribution in [0.2, 0.25) is 0 Å². The zero-order chi connectivity index (χ0) is 19.4. The van der Waals surface area contributed by atoms with Crippen molar-refractivity contribution in [2.45, 2.75) is 37.6 Å². The number of hydrogen-bond donors (Lipinski definition) is 5. The Morgan fingerprint density at radius 3 is 2.46 bits per heavy atom. The van der Waals surface area contributed by atoms with Gasteiger partial charge in [0.15, 0.2) is 6.23 Å². The third-order valence-corrected chi connectivity index (χ3v) is 3.84. The fraction of sp³-hybridized carbons (Fsp3) is 0.500. The minimum absolute atomic E-state index is 0.0105. The van der Waals surface area contributed by atoms with Crippen molar-refractivity contribution in [3.63, 3.8) is 0 Å². The van der Waals surface area contributed by atoms with Crippen LogP contribution < -0.4 is 10.1 Å². The first-order valence-corrected chi connectivity index (χ1v) is 7.76. The predicted octanol–water partition coefficient (Wildman–Crippen LogP) is -1.39. The van der Waals surface area contributed by atoms with E-state index in [0.717, 1.165) is 7.11 Å². The highest BCUT2D eigenvalue weighted by atomic mass is 16.6. The summed E-state index contributed by atoms with van der Waals surface area (Å²) < 4.78 is 14.9. The molecule has 5 unspecified atom stereocenters. The highest BCUT2D eigenvalue weighted by Crippen LogP contribution is 2.27. The quantitative estimate of drug-likeness (QED) is 0.309. The van der Waals surface area contributed by atoms with Gasteiger partial charge in [0.25, 0.3) is 0 Å². The first-order valence-electron chi connectivity index (χ1n) is 7.76. The average molecular weight is 371 g/mol. The number of methoxy groups -OCH3 is 1. The number of aliphatic hydroxyl groups excluding tert-OH is 4. The molecule has 10 nitrogen and oxygen atoms in total. The van der Waals surface area contributed by atoms with E-state index in [4.69, 9.17) is 9.47 Å². The molecule has 1 saturated heterocycles. The van der Waals surface area contributed by atoms with Gasteiger partial charge in [-0.25, -0.2) is 4.79 Å². The average Bonchev–Trinajstić information content (AvgIpc) is 2.62. The maximum absolute atomic E-state index is 11.9. The maximum Gasteiger partial charge on any atom is 0.341 e. The van der Waals surface area contributed by atoms with E-state index >= 15 is 0 Å². The van der Waals surface area contributed by atoms with E-state index in [1.165, 1.54) is 25.1 Å². The molecule has 5 N–H and O–H groups in total. The Hall–Kier alpha value is -2.24. The smallest absolute Gasteiger partial charge is 0.341 e. The van der Waals surface area contributed by atoms with Crippen LogP contribution in [0.4, 0.5) is 5.69 Å². The lowest BCUT2D eigenvalue weighted by atomic mass is 9.98. The third-order valence-electron chi connectivity index (χ3n) is 3.84. The molecule has 2 rings (SSSR count). The molecule has 1 aliphatic heterocycles. The van der Waals surface area contributed by atoms with E-state index < -0.39 is 49.2 Å². The zero-order valence-corrected chi connectivity index (χ0v) is 14.2. The van der Waals surface area contributed by atoms with Crippen molar-refractivity contribution in [1.82, 2.24) is 0 Å². The first-order chi connectivity index (χ1) is 12.3. The lowest BCUT2D eigenvalue weighted by Gasteiger charge is -2.40. The molecule has 0 saturated carbocycles. The molecule has 0 spiro atoms. The summed E-state index contributed by atoms with van der Waals surface area (Å²) in [6, 6.07) is 4.11. The Labute approximate surface area is 148 Å². The lowest BCUT2D eigenvalue weighted by molar-refractivity contribution is -0.221. The number of ether oxygens (including phenoxy) is 3. The molecule has 1 fully saturated rings. The molecule has 1 heterocycles. The number of esters is 2. The Morgan fingerprint density at radius 1 is 1.19 bits per heavy atom. The van der Waals surface area contributed by atoms with Gasteiger partial charge in [-0.3, -0.25) is 4.79 Å². The van der Waals surface area contributed by atoms with E-state index in [1.54, 1.807) is 0 Å². The Kier molecular flexibility index (Phi) is 6.51. The summed E-state index contributed by atoms with van der Waals surface area (Å²) in [5.41, 5.74) is 0.239. The summed E-state index contributed by atoms with van der Waals surface area (Å²) in [5.74, 6) is -1.38. The van der Waals surface area contributed by atoms with Crippen LogP contribution in [0, 0.1) is 0 Å². The van der Waals surface area contributed by atoms with Gasteiger partial charge in [-0.1, -0.05) is 0 Å². The Bertz CT molecular complexity index is 663. The summed E-state index contributed by atoms with van der Waals surface area (Å²) in [7, 11) is 1.16. The van der Waals surface area contributed by atoms with E-state index in [1.807, 2.05) is 0 Å². The molecule has 5 atom stereocenters. The largest absolute Gasteiger partial charge is 0.465 e. The van der Waals surface area contributed by atoms with E-state index in [2.05, 4.69) is 10.1 Å². The zero-order valence-electron chi connectivity index (χ0n) is 14.2. The van der Waals surface area contributed by atoms with Crippen LogP contribution in [0.25, 0.3) is 0 Å². The molecule has 0 aromatic heterocycles. The highest BCUT2D eigenvalue weighted by Gasteiger charge is 2.43. The summed E-state index contributed by atoms with van der Waals surface area (Å²) >= 11 is 0. The number of benzene rings is 1. The molecular weight excluding hydrogens is 350 g/mol. The van der Waals surface area contributed by atoms with Gasteiger partial charge in [0.05, 0.1) is 13.7 Å². The van der Waals surface area contributed by atoms with Crippen molar-refractivity contribution in [2.24, 2.45) is 0 Å². The molecular formula is C16H21NO9. The molecule has 1 aromatic carbocycles. The minimum atomic E-state index is -1.54. The standard InChI is InChI=1S/C16H21NO9/c1-7(19)25-10-4-3-8(5-9(10)16(23)24-2)17-15-14(22)13(21)12(20)11(6-18)26-15/h3-5,11-15,17-18,20-22H,6H2,1-2H3. The van der Waals surface area contributed by atoms with Gasteiger partial charge in [0.1, 0.15) is 35.7 Å². The lowest BCUT2D eigenvalue weighted by Crippen LogP contribution is -2.60. The van der Waals surface area contributed by atoms with Gasteiger partial charge in [-0.05, 0) is 18.2 Å². The number of rotatable bonds is 5. The molecule has 0 bridgehead atoms. The van der Waals surface area contributed by atoms with Gasteiger partial charge in [0.2, 0.25) is 0 Å². The van der Waals surface area contributed by atoms with Crippen LogP contribution in [0.3, 0.4) is 0 Å². The molecule has 26 heavy (non-hydrogen) atoms. The van der Waals surface area contributed by atoms with Crippen molar-refractivity contribution < 1.29 is 44.2 Å². The second kappa shape index (κ2) is 8.43. The van der Waals surface area contributed by atoms with Crippen LogP contribution >= 0.6 is 0 Å². The van der Waals surface area contributed by atoms with Crippen molar-refractivity contribution in [2.75, 3.05) is 19.0 Å². The fourth-order valence-corrected chi connectivity index (χ4v) is 2.52. The van der Waals surface area contributed by atoms with Gasteiger partial charge in [0, 0.05) is 12.6 Å². The SMILES string of the molecule is COC(=O)c1cc(NC2OC(CO)C(O)C(O)C2O)ccc1OC(C)=O. The second-order valence-electron chi connectivity index (χ2n) is 5.69. The van der Waals surface area contributed by atoms with E-state index in [9.17, 15) is 30.0 Å². The number of hydrogen-bond acceptors (Lipinski definition) is 10. The minimum Gasteiger partial charge on any atom is -0.465 e. The van der Waals surface area contributed by atoms with Crippen LogP contribution in [0.15, 0.2) is 18.2 Å². The number of aliphatic hydroxyl groups is 4. The molecule has 10 heteroatoms. The highest BCUT2D eigenvalue weighted by molar-refractivity contribution is 5.94.